The number of nitrogens with zero attached hydrogens (tertiary/aromatic N) is 5. The minimum Gasteiger partial charge on any atom is -0.366 e. The normalized spacial score (nSPS) is 16.5. The molecule has 0 spiro atoms. The first-order valence-electron chi connectivity index (χ1n) is 15.0. The Morgan fingerprint density at radius 3 is 2.31 bits per heavy atom. The topological polar surface area (TPSA) is 72.6 Å². The van der Waals surface area contributed by atoms with Crippen LogP contribution in [-0.4, -0.2) is 52.4 Å². The van der Waals surface area contributed by atoms with E-state index in [-0.39, 0.29) is 22.8 Å². The number of hydrogen-bond acceptors (Lipinski definition) is 7. The van der Waals surface area contributed by atoms with E-state index in [0.29, 0.717) is 77.5 Å². The predicted octanol–water partition coefficient (Wildman–Crippen LogP) is 6.47. The van der Waals surface area contributed by atoms with E-state index < -0.39 is 0 Å². The van der Waals surface area contributed by atoms with Crippen molar-refractivity contribution < 1.29 is 9.18 Å². The average molecular weight is 610 g/mol. The van der Waals surface area contributed by atoms with Gasteiger partial charge in [-0.3, -0.25) is 19.1 Å². The third-order valence-electron chi connectivity index (χ3n) is 7.95. The Morgan fingerprint density at radius 2 is 1.64 bits per heavy atom. The molecule has 0 unspecified atom stereocenters. The second-order valence-corrected chi connectivity index (χ2v) is 12.5. The van der Waals surface area contributed by atoms with Crippen LogP contribution in [0.25, 0.3) is 6.08 Å². The molecule has 4 rings (SSSR count). The number of thiocarbonyl (C=S) groups is 1. The molecule has 0 radical (unpaired) electrons. The summed E-state index contributed by atoms with van der Waals surface area (Å²) in [7, 11) is 0. The van der Waals surface area contributed by atoms with Gasteiger partial charge in [-0.05, 0) is 43.5 Å². The molecule has 2 fully saturated rings. The van der Waals surface area contributed by atoms with Crippen LogP contribution in [0.4, 0.5) is 15.9 Å². The maximum atomic E-state index is 14.5. The fourth-order valence-corrected chi connectivity index (χ4v) is 6.95. The first kappa shape index (κ1) is 31.8. The summed E-state index contributed by atoms with van der Waals surface area (Å²) in [6.45, 7) is 9.25. The molecule has 42 heavy (non-hydrogen) atoms. The van der Waals surface area contributed by atoms with Crippen molar-refractivity contribution in [3.63, 3.8) is 0 Å². The van der Waals surface area contributed by atoms with Crippen LogP contribution in [0, 0.1) is 24.1 Å². The fourth-order valence-electron chi connectivity index (χ4n) is 5.66. The summed E-state index contributed by atoms with van der Waals surface area (Å²) < 4.78 is 16.7. The molecule has 2 aromatic rings. The Bertz CT molecular complexity index is 1440. The lowest BCUT2D eigenvalue weighted by Crippen LogP contribution is -2.49. The molecule has 2 aliphatic heterocycles. The first-order chi connectivity index (χ1) is 20.3. The fraction of sp³-hybridized carbons (Fsp3) is 0.500. The number of carbonyl (C=O) groups is 1. The second-order valence-electron chi connectivity index (χ2n) is 10.8. The van der Waals surface area contributed by atoms with Gasteiger partial charge in [0.25, 0.3) is 11.5 Å². The molecule has 3 heterocycles. The number of aromatic nitrogens is 1. The lowest BCUT2D eigenvalue weighted by Gasteiger charge is -2.39. The molecular formula is C32H40FN5O2S2. The Balaban J connectivity index is 1.66. The van der Waals surface area contributed by atoms with Crippen LogP contribution in [0.2, 0.25) is 0 Å². The Kier molecular flexibility index (Phi) is 11.2. The molecule has 0 aliphatic carbocycles. The average Bonchev–Trinajstić information content (AvgIpc) is 3.25. The number of hydrogen-bond donors (Lipinski definition) is 0. The summed E-state index contributed by atoms with van der Waals surface area (Å²) in [5, 5.41) is 9.93. The molecule has 2 aliphatic rings. The van der Waals surface area contributed by atoms with Crippen LogP contribution in [0.1, 0.15) is 75.5 Å². The minimum absolute atomic E-state index is 0.0889. The zero-order valence-electron chi connectivity index (χ0n) is 24.8. The molecule has 1 aromatic carbocycles. The summed E-state index contributed by atoms with van der Waals surface area (Å²) in [6, 6.07) is 8.86. The van der Waals surface area contributed by atoms with Gasteiger partial charge < -0.3 is 9.80 Å². The van der Waals surface area contributed by atoms with Crippen LogP contribution in [-0.2, 0) is 11.3 Å². The van der Waals surface area contributed by atoms with Crippen molar-refractivity contribution in [3.8, 4) is 6.07 Å². The first-order valence-corrected chi connectivity index (χ1v) is 16.2. The van der Waals surface area contributed by atoms with Gasteiger partial charge in [-0.25, -0.2) is 4.39 Å². The predicted molar refractivity (Wildman–Crippen MR) is 175 cm³/mol. The van der Waals surface area contributed by atoms with E-state index in [1.807, 2.05) is 24.0 Å². The molecule has 10 heteroatoms. The van der Waals surface area contributed by atoms with Crippen molar-refractivity contribution in [1.82, 2.24) is 9.47 Å². The van der Waals surface area contributed by atoms with E-state index in [4.69, 9.17) is 12.2 Å². The quantitative estimate of drug-likeness (QED) is 0.155. The summed E-state index contributed by atoms with van der Waals surface area (Å²) in [4.78, 5) is 33.3. The Morgan fingerprint density at radius 1 is 0.976 bits per heavy atom. The van der Waals surface area contributed by atoms with Gasteiger partial charge in [0, 0.05) is 44.8 Å². The van der Waals surface area contributed by atoms with Gasteiger partial charge in [-0.15, -0.1) is 0 Å². The van der Waals surface area contributed by atoms with Gasteiger partial charge in [0.05, 0.1) is 10.6 Å². The number of piperazine rings is 1. The van der Waals surface area contributed by atoms with E-state index in [9.17, 15) is 19.2 Å². The SMILES string of the molecule is CCCCCCCCN1C(=O)/C(=C/c2c(C)c(C#N)c(=O)n(CCC)c2N2CCN(c3ccccc3F)CC2)SC1=S. The number of para-hydroxylation sites is 1. The number of benzene rings is 1. The molecule has 1 amide bonds. The Labute approximate surface area is 258 Å². The second kappa shape index (κ2) is 14.8. The number of pyridine rings is 1. The van der Waals surface area contributed by atoms with Gasteiger partial charge in [0.15, 0.2) is 0 Å². The van der Waals surface area contributed by atoms with Crippen LogP contribution in [0.3, 0.4) is 0 Å². The maximum Gasteiger partial charge on any atom is 0.270 e. The number of thioether (sulfide) groups is 1. The van der Waals surface area contributed by atoms with Crippen LogP contribution in [0.15, 0.2) is 34.0 Å². The lowest BCUT2D eigenvalue weighted by atomic mass is 10.0. The van der Waals surface area contributed by atoms with Crippen molar-refractivity contribution >= 4 is 51.8 Å². The molecule has 7 nitrogen and oxygen atoms in total. The van der Waals surface area contributed by atoms with Gasteiger partial charge in [-0.1, -0.05) is 82.1 Å². The molecule has 224 valence electrons. The number of unbranched alkanes of at least 4 members (excludes halogenated alkanes) is 5. The summed E-state index contributed by atoms with van der Waals surface area (Å²) in [5.74, 6) is 0.319. The third kappa shape index (κ3) is 6.90. The van der Waals surface area contributed by atoms with Crippen LogP contribution < -0.4 is 15.4 Å². The van der Waals surface area contributed by atoms with E-state index in [0.717, 1.165) is 19.3 Å². The van der Waals surface area contributed by atoms with Gasteiger partial charge in [-0.2, -0.15) is 5.26 Å². The molecule has 1 aromatic heterocycles. The number of nitriles is 1. The lowest BCUT2D eigenvalue weighted by molar-refractivity contribution is -0.122. The number of amides is 1. The van der Waals surface area contributed by atoms with Gasteiger partial charge in [0.2, 0.25) is 0 Å². The van der Waals surface area contributed by atoms with Crippen molar-refractivity contribution in [2.24, 2.45) is 0 Å². The van der Waals surface area contributed by atoms with Crippen molar-refractivity contribution in [2.45, 2.75) is 72.3 Å². The van der Waals surface area contributed by atoms with E-state index in [1.165, 1.54) is 37.1 Å². The summed E-state index contributed by atoms with van der Waals surface area (Å²) >= 11 is 6.88. The maximum absolute atomic E-state index is 14.5. The molecule has 0 bridgehead atoms. The van der Waals surface area contributed by atoms with Crippen molar-refractivity contribution in [2.75, 3.05) is 42.5 Å². The van der Waals surface area contributed by atoms with E-state index in [2.05, 4.69) is 17.9 Å². The van der Waals surface area contributed by atoms with Crippen LogP contribution >= 0.6 is 24.0 Å². The molecule has 0 saturated carbocycles. The number of rotatable bonds is 12. The van der Waals surface area contributed by atoms with Crippen LogP contribution in [0.5, 0.6) is 0 Å². The molecule has 0 atom stereocenters. The summed E-state index contributed by atoms with van der Waals surface area (Å²) in [5.41, 5.74) is 1.58. The summed E-state index contributed by atoms with van der Waals surface area (Å²) in [6.07, 6.45) is 9.28. The number of carbonyl (C=O) groups excluding carboxylic acids is 1. The number of anilines is 2. The third-order valence-corrected chi connectivity index (χ3v) is 9.33. The highest BCUT2D eigenvalue weighted by Crippen LogP contribution is 2.36. The highest BCUT2D eigenvalue weighted by Gasteiger charge is 2.33. The van der Waals surface area contributed by atoms with Gasteiger partial charge in [0.1, 0.15) is 27.6 Å². The van der Waals surface area contributed by atoms with E-state index in [1.54, 1.807) is 28.5 Å². The Hall–Kier alpha value is -3.16. The van der Waals surface area contributed by atoms with Gasteiger partial charge >= 0.3 is 0 Å². The zero-order valence-corrected chi connectivity index (χ0v) is 26.5. The van der Waals surface area contributed by atoms with E-state index >= 15 is 0 Å². The zero-order chi connectivity index (χ0) is 30.2. The highest BCUT2D eigenvalue weighted by molar-refractivity contribution is 8.26. The highest BCUT2D eigenvalue weighted by atomic mass is 32.2. The van der Waals surface area contributed by atoms with Crippen molar-refractivity contribution in [1.29, 1.82) is 5.26 Å². The monoisotopic (exact) mass is 609 g/mol. The molecule has 2 saturated heterocycles. The number of halogens is 1. The standard InChI is InChI=1S/C32H40FN5O2S2/c1-4-6-7-8-9-12-16-38-31(40)28(42-32(38)41)21-24-23(3)25(22-34)30(39)37(15-5-2)29(24)36-19-17-35(18-20-36)27-14-11-10-13-26(27)33/h10-11,13-14,21H,4-9,12,15-20H2,1-3H3/b28-21-. The smallest absolute Gasteiger partial charge is 0.270 e. The molecular weight excluding hydrogens is 570 g/mol. The van der Waals surface area contributed by atoms with Crippen molar-refractivity contribution in [3.05, 3.63) is 62.0 Å². The minimum atomic E-state index is -0.323. The largest absolute Gasteiger partial charge is 0.366 e. The molecule has 0 N–H and O–H groups in total.